The summed E-state index contributed by atoms with van der Waals surface area (Å²) in [5, 5.41) is 0. The predicted molar refractivity (Wildman–Crippen MR) is 76.8 cm³/mol. The maximum absolute atomic E-state index is 13.7. The molecule has 1 aromatic rings. The Labute approximate surface area is 115 Å². The highest BCUT2D eigenvalue weighted by atomic mass is 19.1. The Morgan fingerprint density at radius 2 is 2.05 bits per heavy atom. The van der Waals surface area contributed by atoms with E-state index in [2.05, 4.69) is 4.90 Å². The molecule has 0 aliphatic carbocycles. The molecule has 19 heavy (non-hydrogen) atoms. The van der Waals surface area contributed by atoms with E-state index in [-0.39, 0.29) is 11.4 Å². The molecular weight excluding hydrogens is 243 g/mol. The van der Waals surface area contributed by atoms with Crippen LogP contribution in [-0.4, -0.2) is 30.6 Å². The Kier molecular flexibility index (Phi) is 5.76. The Balaban J connectivity index is 2.55. The summed E-state index contributed by atoms with van der Waals surface area (Å²) < 4.78 is 18.9. The number of hydrogen-bond donors (Lipinski definition) is 1. The average molecular weight is 268 g/mol. The molecule has 0 aliphatic rings. The SMILES string of the molecule is CCOc1ccc(CN(C)CCC(C)(C)N)cc1F. The van der Waals surface area contributed by atoms with E-state index in [1.165, 1.54) is 6.07 Å². The lowest BCUT2D eigenvalue weighted by molar-refractivity contribution is 0.287. The molecule has 0 saturated heterocycles. The van der Waals surface area contributed by atoms with Crippen LogP contribution in [0.5, 0.6) is 5.75 Å². The summed E-state index contributed by atoms with van der Waals surface area (Å²) in [6, 6.07) is 5.13. The molecule has 0 unspecified atom stereocenters. The molecular formula is C15H25FN2O. The second-order valence-electron chi connectivity index (χ2n) is 5.67. The average Bonchev–Trinajstić information content (AvgIpc) is 2.29. The van der Waals surface area contributed by atoms with Gasteiger partial charge >= 0.3 is 0 Å². The third-order valence-corrected chi connectivity index (χ3v) is 2.89. The van der Waals surface area contributed by atoms with Crippen LogP contribution in [-0.2, 0) is 6.54 Å². The molecule has 0 radical (unpaired) electrons. The fourth-order valence-corrected chi connectivity index (χ4v) is 1.79. The van der Waals surface area contributed by atoms with Crippen LogP contribution in [0.2, 0.25) is 0 Å². The van der Waals surface area contributed by atoms with Crippen LogP contribution in [0.1, 0.15) is 32.8 Å². The van der Waals surface area contributed by atoms with Gasteiger partial charge in [-0.3, -0.25) is 0 Å². The van der Waals surface area contributed by atoms with Crippen molar-refractivity contribution in [1.82, 2.24) is 4.90 Å². The van der Waals surface area contributed by atoms with E-state index in [0.717, 1.165) is 18.5 Å². The highest BCUT2D eigenvalue weighted by Crippen LogP contribution is 2.19. The second-order valence-corrected chi connectivity index (χ2v) is 5.67. The van der Waals surface area contributed by atoms with Crippen LogP contribution in [0.25, 0.3) is 0 Å². The normalized spacial score (nSPS) is 11.9. The molecule has 3 nitrogen and oxygen atoms in total. The number of benzene rings is 1. The number of nitrogens with zero attached hydrogens (tertiary/aromatic N) is 1. The predicted octanol–water partition coefficient (Wildman–Crippen LogP) is 2.78. The first kappa shape index (κ1) is 15.9. The third-order valence-electron chi connectivity index (χ3n) is 2.89. The molecule has 2 N–H and O–H groups in total. The monoisotopic (exact) mass is 268 g/mol. The van der Waals surface area contributed by atoms with E-state index in [1.807, 2.05) is 33.9 Å². The standard InChI is InChI=1S/C15H25FN2O/c1-5-19-14-7-6-12(10-13(14)16)11-18(4)9-8-15(2,3)17/h6-7,10H,5,8-9,11,17H2,1-4H3. The van der Waals surface area contributed by atoms with Crippen LogP contribution in [0.4, 0.5) is 4.39 Å². The lowest BCUT2D eigenvalue weighted by atomic mass is 10.0. The van der Waals surface area contributed by atoms with Crippen molar-refractivity contribution in [2.45, 2.75) is 39.3 Å². The number of rotatable bonds is 7. The fourth-order valence-electron chi connectivity index (χ4n) is 1.79. The Morgan fingerprint density at radius 1 is 1.37 bits per heavy atom. The summed E-state index contributed by atoms with van der Waals surface area (Å²) in [6.45, 7) is 7.93. The quantitative estimate of drug-likeness (QED) is 0.826. The molecule has 4 heteroatoms. The highest BCUT2D eigenvalue weighted by molar-refractivity contribution is 5.29. The van der Waals surface area contributed by atoms with Crippen molar-refractivity contribution >= 4 is 0 Å². The van der Waals surface area contributed by atoms with Gasteiger partial charge in [-0.2, -0.15) is 0 Å². The maximum Gasteiger partial charge on any atom is 0.165 e. The Bertz CT molecular complexity index is 402. The van der Waals surface area contributed by atoms with Crippen LogP contribution >= 0.6 is 0 Å². The largest absolute Gasteiger partial charge is 0.491 e. The van der Waals surface area contributed by atoms with E-state index in [9.17, 15) is 4.39 Å². The highest BCUT2D eigenvalue weighted by Gasteiger charge is 2.12. The van der Waals surface area contributed by atoms with Crippen LogP contribution in [0.15, 0.2) is 18.2 Å². The van der Waals surface area contributed by atoms with Gasteiger partial charge in [0.2, 0.25) is 0 Å². The van der Waals surface area contributed by atoms with Crippen molar-refractivity contribution in [3.8, 4) is 5.75 Å². The molecule has 0 amide bonds. The summed E-state index contributed by atoms with van der Waals surface area (Å²) in [5.41, 5.74) is 6.73. The van der Waals surface area contributed by atoms with Crippen LogP contribution in [0.3, 0.4) is 0 Å². The molecule has 1 rings (SSSR count). The van der Waals surface area contributed by atoms with Gasteiger partial charge in [0, 0.05) is 12.1 Å². The van der Waals surface area contributed by atoms with Gasteiger partial charge < -0.3 is 15.4 Å². The minimum atomic E-state index is -0.299. The van der Waals surface area contributed by atoms with E-state index >= 15 is 0 Å². The van der Waals surface area contributed by atoms with Gasteiger partial charge in [-0.25, -0.2) is 4.39 Å². The van der Waals surface area contributed by atoms with E-state index in [0.29, 0.717) is 18.9 Å². The summed E-state index contributed by atoms with van der Waals surface area (Å²) in [7, 11) is 2.01. The summed E-state index contributed by atoms with van der Waals surface area (Å²) in [6.07, 6.45) is 0.906. The van der Waals surface area contributed by atoms with Gasteiger partial charge in [0.15, 0.2) is 11.6 Å². The first-order chi connectivity index (χ1) is 8.81. The van der Waals surface area contributed by atoms with E-state index in [4.69, 9.17) is 10.5 Å². The minimum Gasteiger partial charge on any atom is -0.491 e. The van der Waals surface area contributed by atoms with Gasteiger partial charge in [0.05, 0.1) is 6.61 Å². The van der Waals surface area contributed by atoms with Gasteiger partial charge in [0.25, 0.3) is 0 Å². The van der Waals surface area contributed by atoms with Crippen molar-refractivity contribution in [2.24, 2.45) is 5.73 Å². The van der Waals surface area contributed by atoms with Crippen molar-refractivity contribution in [3.63, 3.8) is 0 Å². The molecule has 108 valence electrons. The zero-order valence-electron chi connectivity index (χ0n) is 12.4. The van der Waals surface area contributed by atoms with E-state index in [1.54, 1.807) is 6.07 Å². The van der Waals surface area contributed by atoms with Gasteiger partial charge in [-0.15, -0.1) is 0 Å². The number of hydrogen-bond acceptors (Lipinski definition) is 3. The van der Waals surface area contributed by atoms with Crippen LogP contribution in [0, 0.1) is 5.82 Å². The zero-order valence-corrected chi connectivity index (χ0v) is 12.4. The molecule has 0 aromatic heterocycles. The molecule has 0 saturated carbocycles. The van der Waals surface area contributed by atoms with Crippen molar-refractivity contribution in [3.05, 3.63) is 29.6 Å². The zero-order chi connectivity index (χ0) is 14.5. The van der Waals surface area contributed by atoms with Gasteiger partial charge in [0.1, 0.15) is 0 Å². The summed E-state index contributed by atoms with van der Waals surface area (Å²) in [5.74, 6) is 0.0175. The Morgan fingerprint density at radius 3 is 2.58 bits per heavy atom. The van der Waals surface area contributed by atoms with Crippen molar-refractivity contribution in [1.29, 1.82) is 0 Å². The van der Waals surface area contributed by atoms with Crippen molar-refractivity contribution in [2.75, 3.05) is 20.2 Å². The lowest BCUT2D eigenvalue weighted by Crippen LogP contribution is -2.36. The van der Waals surface area contributed by atoms with Crippen molar-refractivity contribution < 1.29 is 9.13 Å². The third kappa shape index (κ3) is 6.03. The number of ether oxygens (including phenoxy) is 1. The second kappa shape index (κ2) is 6.87. The van der Waals surface area contributed by atoms with Gasteiger partial charge in [-0.05, 0) is 58.5 Å². The van der Waals surface area contributed by atoms with Gasteiger partial charge in [-0.1, -0.05) is 6.07 Å². The fraction of sp³-hybridized carbons (Fsp3) is 0.600. The smallest absolute Gasteiger partial charge is 0.165 e. The molecule has 0 fully saturated rings. The topological polar surface area (TPSA) is 38.5 Å². The molecule has 1 aromatic carbocycles. The first-order valence-corrected chi connectivity index (χ1v) is 6.70. The minimum absolute atomic E-state index is 0.168. The first-order valence-electron chi connectivity index (χ1n) is 6.70. The lowest BCUT2D eigenvalue weighted by Gasteiger charge is -2.23. The van der Waals surface area contributed by atoms with E-state index < -0.39 is 0 Å². The summed E-state index contributed by atoms with van der Waals surface area (Å²) >= 11 is 0. The maximum atomic E-state index is 13.7. The van der Waals surface area contributed by atoms with Crippen LogP contribution < -0.4 is 10.5 Å². The molecule has 0 atom stereocenters. The molecule has 0 aliphatic heterocycles. The molecule has 0 bridgehead atoms. The summed E-state index contributed by atoms with van der Waals surface area (Å²) in [4.78, 5) is 2.14. The molecule has 0 spiro atoms. The number of nitrogens with two attached hydrogens (primary N) is 1. The Hall–Kier alpha value is -1.13. The number of halogens is 1. The molecule has 0 heterocycles.